The summed E-state index contributed by atoms with van der Waals surface area (Å²) < 4.78 is 6.15. The van der Waals surface area contributed by atoms with E-state index in [2.05, 4.69) is 22.6 Å². The van der Waals surface area contributed by atoms with Crippen LogP contribution in [0.3, 0.4) is 0 Å². The summed E-state index contributed by atoms with van der Waals surface area (Å²) in [6, 6.07) is 5.27. The van der Waals surface area contributed by atoms with E-state index in [0.717, 1.165) is 3.57 Å². The van der Waals surface area contributed by atoms with Crippen molar-refractivity contribution < 1.29 is 9.53 Å². The highest BCUT2D eigenvalue weighted by Gasteiger charge is 2.11. The van der Waals surface area contributed by atoms with Crippen molar-refractivity contribution in [2.45, 2.75) is 20.0 Å². The minimum atomic E-state index is -0.0319. The van der Waals surface area contributed by atoms with Gasteiger partial charge in [-0.2, -0.15) is 0 Å². The molecule has 0 spiro atoms. The predicted octanol–water partition coefficient (Wildman–Crippen LogP) is 3.55. The highest BCUT2D eigenvalue weighted by atomic mass is 127. The maximum atomic E-state index is 11.7. The van der Waals surface area contributed by atoms with Crippen LogP contribution in [0.2, 0.25) is 5.02 Å². The van der Waals surface area contributed by atoms with Crippen LogP contribution in [-0.4, -0.2) is 18.5 Å². The molecule has 0 aliphatic carbocycles. The van der Waals surface area contributed by atoms with Gasteiger partial charge in [0.1, 0.15) is 6.61 Å². The van der Waals surface area contributed by atoms with E-state index < -0.39 is 0 Å². The van der Waals surface area contributed by atoms with Gasteiger partial charge >= 0.3 is 0 Å². The summed E-state index contributed by atoms with van der Waals surface area (Å²) in [4.78, 5) is 11.7. The maximum Gasteiger partial charge on any atom is 0.189 e. The Hall–Kier alpha value is -0.130. The number of ketones is 1. The second-order valence-corrected chi connectivity index (χ2v) is 5.01. The minimum absolute atomic E-state index is 0.0319. The first-order valence-corrected chi connectivity index (χ1v) is 6.06. The molecule has 0 bridgehead atoms. The molecule has 0 aromatic heterocycles. The highest BCUT2D eigenvalue weighted by Crippen LogP contribution is 2.18. The van der Waals surface area contributed by atoms with Gasteiger partial charge in [-0.25, -0.2) is 0 Å². The quantitative estimate of drug-likeness (QED) is 0.620. The second kappa shape index (κ2) is 5.82. The molecule has 1 aromatic carbocycles. The van der Waals surface area contributed by atoms with Crippen LogP contribution in [0.4, 0.5) is 0 Å². The van der Waals surface area contributed by atoms with E-state index in [1.165, 1.54) is 0 Å². The van der Waals surface area contributed by atoms with Crippen molar-refractivity contribution in [2.75, 3.05) is 6.61 Å². The summed E-state index contributed by atoms with van der Waals surface area (Å²) in [6.45, 7) is 3.90. The molecule has 0 fully saturated rings. The summed E-state index contributed by atoms with van der Waals surface area (Å²) in [5, 5.41) is 0.573. The lowest BCUT2D eigenvalue weighted by molar-refractivity contribution is 0.0584. The topological polar surface area (TPSA) is 26.3 Å². The molecule has 0 aliphatic heterocycles. The van der Waals surface area contributed by atoms with Crippen molar-refractivity contribution in [3.63, 3.8) is 0 Å². The number of carbonyl (C=O) groups is 1. The first kappa shape index (κ1) is 12.9. The molecule has 0 N–H and O–H groups in total. The van der Waals surface area contributed by atoms with Crippen molar-refractivity contribution in [2.24, 2.45) is 0 Å². The lowest BCUT2D eigenvalue weighted by Crippen LogP contribution is -2.14. The predicted molar refractivity (Wildman–Crippen MR) is 69.6 cm³/mol. The molecule has 0 unspecified atom stereocenters. The van der Waals surface area contributed by atoms with Crippen molar-refractivity contribution in [1.82, 2.24) is 0 Å². The van der Waals surface area contributed by atoms with Crippen molar-refractivity contribution in [3.05, 3.63) is 32.4 Å². The summed E-state index contributed by atoms with van der Waals surface area (Å²) in [7, 11) is 0. The standard InChI is InChI=1S/C11H12ClIO2/c1-7(2)15-6-11(14)9-5-8(12)3-4-10(9)13/h3-5,7H,6H2,1-2H3. The molecule has 1 rings (SSSR count). The maximum absolute atomic E-state index is 11.7. The van der Waals surface area contributed by atoms with Crippen LogP contribution in [0, 0.1) is 3.57 Å². The molecule has 0 saturated carbocycles. The van der Waals surface area contributed by atoms with Crippen molar-refractivity contribution >= 4 is 40.0 Å². The summed E-state index contributed by atoms with van der Waals surface area (Å²) >= 11 is 7.94. The molecule has 0 amide bonds. The van der Waals surface area contributed by atoms with Crippen LogP contribution >= 0.6 is 34.2 Å². The Kier molecular flexibility index (Phi) is 5.02. The zero-order chi connectivity index (χ0) is 11.4. The van der Waals surface area contributed by atoms with Gasteiger partial charge in [0, 0.05) is 14.2 Å². The minimum Gasteiger partial charge on any atom is -0.371 e. The zero-order valence-electron chi connectivity index (χ0n) is 8.59. The number of halogens is 2. The average Bonchev–Trinajstić information content (AvgIpc) is 2.18. The first-order valence-electron chi connectivity index (χ1n) is 4.60. The van der Waals surface area contributed by atoms with Crippen LogP contribution in [0.5, 0.6) is 0 Å². The van der Waals surface area contributed by atoms with Gasteiger partial charge in [-0.1, -0.05) is 11.6 Å². The first-order chi connectivity index (χ1) is 7.00. The SMILES string of the molecule is CC(C)OCC(=O)c1cc(Cl)ccc1I. The van der Waals surface area contributed by atoms with E-state index in [-0.39, 0.29) is 18.5 Å². The summed E-state index contributed by atoms with van der Waals surface area (Å²) in [5.41, 5.74) is 0.628. The second-order valence-electron chi connectivity index (χ2n) is 3.41. The van der Waals surface area contributed by atoms with Gasteiger partial charge in [-0.05, 0) is 54.6 Å². The van der Waals surface area contributed by atoms with E-state index in [1.807, 2.05) is 19.9 Å². The van der Waals surface area contributed by atoms with Gasteiger partial charge in [-0.15, -0.1) is 0 Å². The highest BCUT2D eigenvalue weighted by molar-refractivity contribution is 14.1. The van der Waals surface area contributed by atoms with E-state index >= 15 is 0 Å². The molecule has 0 heterocycles. The van der Waals surface area contributed by atoms with Gasteiger partial charge in [0.2, 0.25) is 0 Å². The smallest absolute Gasteiger partial charge is 0.189 e. The van der Waals surface area contributed by atoms with Gasteiger partial charge in [0.05, 0.1) is 6.10 Å². The fourth-order valence-electron chi connectivity index (χ4n) is 1.03. The van der Waals surface area contributed by atoms with Gasteiger partial charge in [-0.3, -0.25) is 4.79 Å². The number of Topliss-reactive ketones (excluding diaryl/α,β-unsaturated/α-hetero) is 1. The Labute approximate surface area is 108 Å². The number of hydrogen-bond donors (Lipinski definition) is 0. The third-order valence-corrected chi connectivity index (χ3v) is 2.95. The summed E-state index contributed by atoms with van der Waals surface area (Å²) in [6.07, 6.45) is 0.0609. The van der Waals surface area contributed by atoms with Gasteiger partial charge < -0.3 is 4.74 Å². The van der Waals surface area contributed by atoms with Gasteiger partial charge in [0.15, 0.2) is 5.78 Å². The van der Waals surface area contributed by atoms with Gasteiger partial charge in [0.25, 0.3) is 0 Å². The Morgan fingerprint density at radius 1 is 1.53 bits per heavy atom. The Morgan fingerprint density at radius 3 is 2.80 bits per heavy atom. The van der Waals surface area contributed by atoms with E-state index in [9.17, 15) is 4.79 Å². The molecule has 0 radical (unpaired) electrons. The van der Waals surface area contributed by atoms with E-state index in [4.69, 9.17) is 16.3 Å². The number of carbonyl (C=O) groups excluding carboxylic acids is 1. The Morgan fingerprint density at radius 2 is 2.20 bits per heavy atom. The van der Waals surface area contributed by atoms with Crippen molar-refractivity contribution in [1.29, 1.82) is 0 Å². The molecule has 4 heteroatoms. The third-order valence-electron chi connectivity index (χ3n) is 1.78. The molecule has 0 atom stereocenters. The fraction of sp³-hybridized carbons (Fsp3) is 0.364. The third kappa shape index (κ3) is 4.09. The fourth-order valence-corrected chi connectivity index (χ4v) is 1.84. The van der Waals surface area contributed by atoms with Crippen molar-refractivity contribution in [3.8, 4) is 0 Å². The monoisotopic (exact) mass is 338 g/mol. The average molecular weight is 339 g/mol. The number of rotatable bonds is 4. The molecular formula is C11H12ClIO2. The molecular weight excluding hydrogens is 326 g/mol. The lowest BCUT2D eigenvalue weighted by atomic mass is 10.1. The van der Waals surface area contributed by atoms with Crippen LogP contribution in [0.1, 0.15) is 24.2 Å². The lowest BCUT2D eigenvalue weighted by Gasteiger charge is -2.08. The molecule has 82 valence electrons. The normalized spacial score (nSPS) is 10.7. The van der Waals surface area contributed by atoms with Crippen LogP contribution in [-0.2, 0) is 4.74 Å². The molecule has 0 saturated heterocycles. The number of hydrogen-bond acceptors (Lipinski definition) is 2. The Bertz CT molecular complexity index is 364. The van der Waals surface area contributed by atoms with Crippen LogP contribution < -0.4 is 0 Å². The number of benzene rings is 1. The largest absolute Gasteiger partial charge is 0.371 e. The summed E-state index contributed by atoms with van der Waals surface area (Å²) in [5.74, 6) is -0.0319. The van der Waals surface area contributed by atoms with E-state index in [0.29, 0.717) is 10.6 Å². The zero-order valence-corrected chi connectivity index (χ0v) is 11.5. The van der Waals surface area contributed by atoms with Crippen LogP contribution in [0.15, 0.2) is 18.2 Å². The Balaban J connectivity index is 2.77. The molecule has 15 heavy (non-hydrogen) atoms. The van der Waals surface area contributed by atoms with E-state index in [1.54, 1.807) is 12.1 Å². The number of ether oxygens (including phenoxy) is 1. The molecule has 1 aromatic rings. The molecule has 0 aliphatic rings. The van der Waals surface area contributed by atoms with Crippen LogP contribution in [0.25, 0.3) is 0 Å². The molecule has 2 nitrogen and oxygen atoms in total.